The van der Waals surface area contributed by atoms with Crippen molar-refractivity contribution in [3.05, 3.63) is 18.2 Å². The number of anilines is 1. The highest BCUT2D eigenvalue weighted by Gasteiger charge is 2.15. The van der Waals surface area contributed by atoms with Gasteiger partial charge in [-0.1, -0.05) is 6.92 Å². The number of carbonyl (C=O) groups is 2. The van der Waals surface area contributed by atoms with Crippen LogP contribution in [0.3, 0.4) is 0 Å². The van der Waals surface area contributed by atoms with Crippen LogP contribution >= 0.6 is 0 Å². The van der Waals surface area contributed by atoms with E-state index in [2.05, 4.69) is 5.32 Å². The molecule has 0 saturated carbocycles. The van der Waals surface area contributed by atoms with Crippen molar-refractivity contribution < 1.29 is 19.1 Å². The first-order valence-electron chi connectivity index (χ1n) is 7.30. The van der Waals surface area contributed by atoms with Gasteiger partial charge in [0.2, 0.25) is 11.8 Å². The molecule has 0 fully saturated rings. The van der Waals surface area contributed by atoms with Crippen LogP contribution in [0.25, 0.3) is 0 Å². The summed E-state index contributed by atoms with van der Waals surface area (Å²) in [6, 6.07) is 5.23. The number of hydrogen-bond acceptors (Lipinski definition) is 4. The third kappa shape index (κ3) is 4.95. The second kappa shape index (κ2) is 8.92. The number of hydrogen-bond donors (Lipinski definition) is 1. The topological polar surface area (TPSA) is 67.9 Å². The molecule has 0 aromatic heterocycles. The number of nitrogens with zero attached hydrogens (tertiary/aromatic N) is 1. The van der Waals surface area contributed by atoms with Crippen molar-refractivity contribution in [2.45, 2.75) is 26.7 Å². The maximum atomic E-state index is 11.8. The molecule has 6 nitrogen and oxygen atoms in total. The van der Waals surface area contributed by atoms with Gasteiger partial charge in [-0.2, -0.15) is 0 Å². The molecule has 0 unspecified atom stereocenters. The molecule has 0 atom stereocenters. The molecule has 0 aliphatic rings. The van der Waals surface area contributed by atoms with E-state index in [1.807, 2.05) is 6.92 Å². The fraction of sp³-hybridized carbons (Fsp3) is 0.500. The average Bonchev–Trinajstić information content (AvgIpc) is 2.52. The first kappa shape index (κ1) is 17.8. The Morgan fingerprint density at radius 1 is 1.18 bits per heavy atom. The zero-order valence-corrected chi connectivity index (χ0v) is 13.6. The van der Waals surface area contributed by atoms with E-state index in [0.29, 0.717) is 30.3 Å². The van der Waals surface area contributed by atoms with E-state index >= 15 is 0 Å². The molecule has 0 heterocycles. The van der Waals surface area contributed by atoms with E-state index in [0.717, 1.165) is 6.42 Å². The number of rotatable bonds is 8. The Morgan fingerprint density at radius 3 is 2.41 bits per heavy atom. The van der Waals surface area contributed by atoms with E-state index in [1.165, 1.54) is 14.0 Å². The number of benzene rings is 1. The Hall–Kier alpha value is -2.24. The largest absolute Gasteiger partial charge is 0.493 e. The quantitative estimate of drug-likeness (QED) is 0.797. The molecular weight excluding hydrogens is 284 g/mol. The predicted octanol–water partition coefficient (Wildman–Crippen LogP) is 1.97. The smallest absolute Gasteiger partial charge is 0.223 e. The summed E-state index contributed by atoms with van der Waals surface area (Å²) >= 11 is 0. The Bertz CT molecular complexity index is 517. The first-order chi connectivity index (χ1) is 10.5. The van der Waals surface area contributed by atoms with Crippen LogP contribution in [0.2, 0.25) is 0 Å². The SMILES string of the molecule is CCCNC(=O)CCN(C(C)=O)c1ccc(OC)c(OC)c1. The summed E-state index contributed by atoms with van der Waals surface area (Å²) in [5.41, 5.74) is 0.674. The van der Waals surface area contributed by atoms with Crippen LogP contribution in [0.4, 0.5) is 5.69 Å². The van der Waals surface area contributed by atoms with Crippen LogP contribution in [-0.2, 0) is 9.59 Å². The van der Waals surface area contributed by atoms with Gasteiger partial charge in [0.05, 0.1) is 14.2 Å². The van der Waals surface area contributed by atoms with Gasteiger partial charge in [0.15, 0.2) is 11.5 Å². The van der Waals surface area contributed by atoms with Gasteiger partial charge < -0.3 is 19.7 Å². The lowest BCUT2D eigenvalue weighted by Gasteiger charge is -2.22. The molecule has 0 radical (unpaired) electrons. The van der Waals surface area contributed by atoms with Crippen molar-refractivity contribution in [3.8, 4) is 11.5 Å². The molecule has 0 saturated heterocycles. The maximum Gasteiger partial charge on any atom is 0.223 e. The van der Waals surface area contributed by atoms with Crippen molar-refractivity contribution in [2.75, 3.05) is 32.2 Å². The fourth-order valence-corrected chi connectivity index (χ4v) is 2.03. The minimum atomic E-state index is -0.129. The van der Waals surface area contributed by atoms with Crippen molar-refractivity contribution in [3.63, 3.8) is 0 Å². The van der Waals surface area contributed by atoms with Gasteiger partial charge in [0, 0.05) is 38.2 Å². The van der Waals surface area contributed by atoms with Crippen molar-refractivity contribution in [2.24, 2.45) is 0 Å². The Balaban J connectivity index is 2.83. The molecule has 1 aromatic rings. The van der Waals surface area contributed by atoms with Gasteiger partial charge in [0.1, 0.15) is 0 Å². The normalized spacial score (nSPS) is 10.0. The zero-order valence-electron chi connectivity index (χ0n) is 13.6. The van der Waals surface area contributed by atoms with E-state index in [4.69, 9.17) is 9.47 Å². The predicted molar refractivity (Wildman–Crippen MR) is 85.5 cm³/mol. The molecule has 0 spiro atoms. The van der Waals surface area contributed by atoms with Gasteiger partial charge in [-0.3, -0.25) is 9.59 Å². The lowest BCUT2D eigenvalue weighted by molar-refractivity contribution is -0.121. The van der Waals surface area contributed by atoms with E-state index in [1.54, 1.807) is 30.2 Å². The van der Waals surface area contributed by atoms with Gasteiger partial charge in [-0.05, 0) is 18.6 Å². The monoisotopic (exact) mass is 308 g/mol. The Kier molecular flexibility index (Phi) is 7.22. The molecule has 6 heteroatoms. The van der Waals surface area contributed by atoms with Crippen molar-refractivity contribution in [1.82, 2.24) is 5.32 Å². The first-order valence-corrected chi connectivity index (χ1v) is 7.30. The lowest BCUT2D eigenvalue weighted by Crippen LogP contribution is -2.34. The molecule has 0 aliphatic carbocycles. The third-order valence-corrected chi connectivity index (χ3v) is 3.19. The summed E-state index contributed by atoms with van der Waals surface area (Å²) < 4.78 is 10.4. The maximum absolute atomic E-state index is 11.8. The third-order valence-electron chi connectivity index (χ3n) is 3.19. The summed E-state index contributed by atoms with van der Waals surface area (Å²) in [7, 11) is 3.09. The molecule has 0 bridgehead atoms. The Morgan fingerprint density at radius 2 is 1.86 bits per heavy atom. The minimum Gasteiger partial charge on any atom is -0.493 e. The summed E-state index contributed by atoms with van der Waals surface area (Å²) in [6.45, 7) is 4.43. The van der Waals surface area contributed by atoms with Gasteiger partial charge >= 0.3 is 0 Å². The molecule has 1 rings (SSSR count). The van der Waals surface area contributed by atoms with Crippen molar-refractivity contribution in [1.29, 1.82) is 0 Å². The summed E-state index contributed by atoms with van der Waals surface area (Å²) in [4.78, 5) is 25.1. The molecule has 122 valence electrons. The summed E-state index contributed by atoms with van der Waals surface area (Å²) in [6.07, 6.45) is 1.14. The highest BCUT2D eigenvalue weighted by atomic mass is 16.5. The van der Waals surface area contributed by atoms with E-state index < -0.39 is 0 Å². The molecule has 22 heavy (non-hydrogen) atoms. The molecule has 2 amide bonds. The number of carbonyl (C=O) groups excluding carboxylic acids is 2. The Labute approximate surface area is 131 Å². The number of ether oxygens (including phenoxy) is 2. The van der Waals surface area contributed by atoms with Gasteiger partial charge in [0.25, 0.3) is 0 Å². The minimum absolute atomic E-state index is 0.0615. The fourth-order valence-electron chi connectivity index (χ4n) is 2.03. The highest BCUT2D eigenvalue weighted by molar-refractivity contribution is 5.92. The van der Waals surface area contributed by atoms with Crippen molar-refractivity contribution >= 4 is 17.5 Å². The second-order valence-electron chi connectivity index (χ2n) is 4.81. The number of nitrogens with one attached hydrogen (secondary N) is 1. The summed E-state index contributed by atoms with van der Waals surface area (Å²) in [5.74, 6) is 0.946. The second-order valence-corrected chi connectivity index (χ2v) is 4.81. The standard InChI is InChI=1S/C16H24N2O4/c1-5-9-17-16(20)8-10-18(12(2)19)13-6-7-14(21-3)15(11-13)22-4/h6-7,11H,5,8-10H2,1-4H3,(H,17,20). The van der Waals surface area contributed by atoms with Gasteiger partial charge in [-0.25, -0.2) is 0 Å². The number of amides is 2. The zero-order chi connectivity index (χ0) is 16.5. The molecule has 1 N–H and O–H groups in total. The van der Waals surface area contributed by atoms with Crippen LogP contribution in [0.15, 0.2) is 18.2 Å². The van der Waals surface area contributed by atoms with Crippen LogP contribution < -0.4 is 19.7 Å². The van der Waals surface area contributed by atoms with Crippen LogP contribution in [0.5, 0.6) is 11.5 Å². The van der Waals surface area contributed by atoms with Crippen LogP contribution in [0.1, 0.15) is 26.7 Å². The van der Waals surface area contributed by atoms with E-state index in [-0.39, 0.29) is 18.2 Å². The van der Waals surface area contributed by atoms with Gasteiger partial charge in [-0.15, -0.1) is 0 Å². The van der Waals surface area contributed by atoms with Crippen LogP contribution in [0, 0.1) is 0 Å². The lowest BCUT2D eigenvalue weighted by atomic mass is 10.2. The average molecular weight is 308 g/mol. The van der Waals surface area contributed by atoms with E-state index in [9.17, 15) is 9.59 Å². The number of methoxy groups -OCH3 is 2. The highest BCUT2D eigenvalue weighted by Crippen LogP contribution is 2.31. The molecule has 1 aromatic carbocycles. The summed E-state index contributed by atoms with van der Waals surface area (Å²) in [5, 5.41) is 2.80. The molecular formula is C16H24N2O4. The molecule has 0 aliphatic heterocycles. The van der Waals surface area contributed by atoms with Crippen LogP contribution in [-0.4, -0.2) is 39.1 Å².